The van der Waals surface area contributed by atoms with Crippen molar-refractivity contribution in [3.05, 3.63) is 12.2 Å². The molecule has 148 valence electrons. The van der Waals surface area contributed by atoms with Crippen molar-refractivity contribution in [3.8, 4) is 0 Å². The van der Waals surface area contributed by atoms with Crippen molar-refractivity contribution in [2.45, 2.75) is 104 Å². The maximum atomic E-state index is 12.3. The first-order chi connectivity index (χ1) is 12.4. The van der Waals surface area contributed by atoms with Crippen LogP contribution in [-0.4, -0.2) is 23.6 Å². The largest absolute Gasteiger partial charge is 0.458 e. The SMILES string of the molecule is CCCC(=O)C1(C)C/C=C/C(OC(=O)CCCCCC(=O)CC)CCC1. The van der Waals surface area contributed by atoms with Crippen molar-refractivity contribution in [2.24, 2.45) is 5.41 Å². The van der Waals surface area contributed by atoms with Crippen LogP contribution in [0, 0.1) is 5.41 Å². The lowest BCUT2D eigenvalue weighted by Gasteiger charge is -2.29. The maximum Gasteiger partial charge on any atom is 0.306 e. The van der Waals surface area contributed by atoms with Gasteiger partial charge in [0.25, 0.3) is 0 Å². The zero-order chi connectivity index (χ0) is 19.4. The summed E-state index contributed by atoms with van der Waals surface area (Å²) in [6, 6.07) is 0. The number of carbonyl (C=O) groups is 3. The van der Waals surface area contributed by atoms with Gasteiger partial charge < -0.3 is 4.74 Å². The Kier molecular flexibility index (Phi) is 10.5. The Morgan fingerprint density at radius 2 is 1.81 bits per heavy atom. The molecule has 1 aliphatic carbocycles. The minimum absolute atomic E-state index is 0.160. The van der Waals surface area contributed by atoms with Gasteiger partial charge in [0.15, 0.2) is 0 Å². The third-order valence-electron chi connectivity index (χ3n) is 5.30. The van der Waals surface area contributed by atoms with Gasteiger partial charge in [-0.3, -0.25) is 14.4 Å². The highest BCUT2D eigenvalue weighted by molar-refractivity contribution is 5.84. The molecule has 0 fully saturated rings. The summed E-state index contributed by atoms with van der Waals surface area (Å²) in [5.74, 6) is 0.477. The Morgan fingerprint density at radius 1 is 1.08 bits per heavy atom. The van der Waals surface area contributed by atoms with E-state index in [-0.39, 0.29) is 23.3 Å². The average molecular weight is 365 g/mol. The molecule has 0 aromatic heterocycles. The summed E-state index contributed by atoms with van der Waals surface area (Å²) in [5, 5.41) is 0. The highest BCUT2D eigenvalue weighted by Gasteiger charge is 2.31. The first kappa shape index (κ1) is 22.6. The van der Waals surface area contributed by atoms with Crippen LogP contribution in [0.2, 0.25) is 0 Å². The highest BCUT2D eigenvalue weighted by atomic mass is 16.5. The number of Topliss-reactive ketones (excluding diaryl/α,β-unsaturated/α-hetero) is 2. The van der Waals surface area contributed by atoms with Gasteiger partial charge in [-0.25, -0.2) is 0 Å². The van der Waals surface area contributed by atoms with Crippen LogP contribution in [0.3, 0.4) is 0 Å². The van der Waals surface area contributed by atoms with Crippen LogP contribution in [-0.2, 0) is 19.1 Å². The Bertz CT molecular complexity index is 494. The molecule has 0 aromatic carbocycles. The van der Waals surface area contributed by atoms with Crippen LogP contribution in [0.1, 0.15) is 97.8 Å². The fourth-order valence-corrected chi connectivity index (χ4v) is 3.42. The van der Waals surface area contributed by atoms with Crippen LogP contribution in [0.15, 0.2) is 12.2 Å². The smallest absolute Gasteiger partial charge is 0.306 e. The first-order valence-corrected chi connectivity index (χ1v) is 10.3. The molecule has 2 atom stereocenters. The molecule has 4 heteroatoms. The summed E-state index contributed by atoms with van der Waals surface area (Å²) in [6.07, 6.45) is 12.7. The quantitative estimate of drug-likeness (QED) is 0.282. The van der Waals surface area contributed by atoms with E-state index in [1.807, 2.05) is 26.0 Å². The van der Waals surface area contributed by atoms with Crippen LogP contribution in [0.5, 0.6) is 0 Å². The van der Waals surface area contributed by atoms with Gasteiger partial charge in [0.05, 0.1) is 0 Å². The van der Waals surface area contributed by atoms with Gasteiger partial charge in [0.1, 0.15) is 17.7 Å². The summed E-state index contributed by atoms with van der Waals surface area (Å²) >= 11 is 0. The molecule has 0 heterocycles. The van der Waals surface area contributed by atoms with E-state index in [4.69, 9.17) is 4.74 Å². The third kappa shape index (κ3) is 8.29. The molecule has 26 heavy (non-hydrogen) atoms. The summed E-state index contributed by atoms with van der Waals surface area (Å²) in [4.78, 5) is 35.6. The Morgan fingerprint density at radius 3 is 2.50 bits per heavy atom. The predicted octanol–water partition coefficient (Wildman–Crippen LogP) is 5.33. The fourth-order valence-electron chi connectivity index (χ4n) is 3.42. The molecule has 0 bridgehead atoms. The van der Waals surface area contributed by atoms with Gasteiger partial charge in [-0.1, -0.05) is 33.3 Å². The number of allylic oxidation sites excluding steroid dienone is 1. The minimum atomic E-state index is -0.266. The van der Waals surface area contributed by atoms with Crippen molar-refractivity contribution >= 4 is 17.5 Å². The lowest BCUT2D eigenvalue weighted by Crippen LogP contribution is -2.29. The molecule has 4 nitrogen and oxygen atoms in total. The standard InChI is InChI=1S/C22H36O4/c1-4-11-20(24)22(3)16-9-13-19(14-10-17-22)26-21(25)15-8-6-7-12-18(23)5-2/h9,13,19H,4-8,10-12,14-17H2,1-3H3/b13-9+. The molecule has 0 aromatic rings. The van der Waals surface area contributed by atoms with Gasteiger partial charge in [-0.05, 0) is 51.0 Å². The molecule has 0 spiro atoms. The van der Waals surface area contributed by atoms with Crippen molar-refractivity contribution in [3.63, 3.8) is 0 Å². The molecule has 0 N–H and O–H groups in total. The van der Waals surface area contributed by atoms with E-state index in [1.54, 1.807) is 0 Å². The van der Waals surface area contributed by atoms with Crippen molar-refractivity contribution < 1.29 is 19.1 Å². The van der Waals surface area contributed by atoms with Gasteiger partial charge in [-0.2, -0.15) is 0 Å². The Balaban J connectivity index is 2.33. The number of carbonyl (C=O) groups excluding carboxylic acids is 3. The molecule has 1 rings (SSSR count). The number of esters is 1. The van der Waals surface area contributed by atoms with Crippen LogP contribution in [0.25, 0.3) is 0 Å². The number of unbranched alkanes of at least 4 members (excludes halogenated alkanes) is 2. The Hall–Kier alpha value is -1.45. The van der Waals surface area contributed by atoms with E-state index in [0.29, 0.717) is 31.5 Å². The fraction of sp³-hybridized carbons (Fsp3) is 0.773. The summed E-state index contributed by atoms with van der Waals surface area (Å²) < 4.78 is 5.57. The number of hydrogen-bond acceptors (Lipinski definition) is 4. The molecule has 0 saturated heterocycles. The number of rotatable bonds is 11. The molecule has 0 amide bonds. The molecule has 0 saturated carbocycles. The summed E-state index contributed by atoms with van der Waals surface area (Å²) in [7, 11) is 0. The number of hydrogen-bond donors (Lipinski definition) is 0. The van der Waals surface area contributed by atoms with Crippen molar-refractivity contribution in [1.29, 1.82) is 0 Å². The van der Waals surface area contributed by atoms with Gasteiger partial charge in [-0.15, -0.1) is 0 Å². The number of ketones is 2. The van der Waals surface area contributed by atoms with Crippen LogP contribution >= 0.6 is 0 Å². The molecule has 0 radical (unpaired) electrons. The van der Waals surface area contributed by atoms with Gasteiger partial charge in [0, 0.05) is 31.1 Å². The molecule has 2 unspecified atom stereocenters. The van der Waals surface area contributed by atoms with E-state index >= 15 is 0 Å². The monoisotopic (exact) mass is 364 g/mol. The van der Waals surface area contributed by atoms with E-state index in [0.717, 1.165) is 51.4 Å². The van der Waals surface area contributed by atoms with Crippen molar-refractivity contribution in [1.82, 2.24) is 0 Å². The van der Waals surface area contributed by atoms with E-state index in [9.17, 15) is 14.4 Å². The second kappa shape index (κ2) is 12.0. The molecular weight excluding hydrogens is 328 g/mol. The second-order valence-corrected chi connectivity index (χ2v) is 7.74. The normalized spacial score (nSPS) is 24.3. The van der Waals surface area contributed by atoms with Crippen LogP contribution < -0.4 is 0 Å². The van der Waals surface area contributed by atoms with E-state index in [2.05, 4.69) is 6.92 Å². The Labute approximate surface area is 158 Å². The topological polar surface area (TPSA) is 60.4 Å². The maximum absolute atomic E-state index is 12.3. The predicted molar refractivity (Wildman–Crippen MR) is 104 cm³/mol. The zero-order valence-corrected chi connectivity index (χ0v) is 16.9. The molecule has 1 aliphatic rings. The minimum Gasteiger partial charge on any atom is -0.458 e. The number of ether oxygens (including phenoxy) is 1. The second-order valence-electron chi connectivity index (χ2n) is 7.74. The zero-order valence-electron chi connectivity index (χ0n) is 16.9. The molecule has 0 aliphatic heterocycles. The lowest BCUT2D eigenvalue weighted by molar-refractivity contribution is -0.147. The van der Waals surface area contributed by atoms with Gasteiger partial charge in [0.2, 0.25) is 0 Å². The van der Waals surface area contributed by atoms with E-state index < -0.39 is 0 Å². The third-order valence-corrected chi connectivity index (χ3v) is 5.30. The van der Waals surface area contributed by atoms with E-state index in [1.165, 1.54) is 0 Å². The summed E-state index contributed by atoms with van der Waals surface area (Å²) in [5.41, 5.74) is -0.266. The van der Waals surface area contributed by atoms with Crippen molar-refractivity contribution in [2.75, 3.05) is 0 Å². The lowest BCUT2D eigenvalue weighted by atomic mass is 9.75. The van der Waals surface area contributed by atoms with Gasteiger partial charge >= 0.3 is 5.97 Å². The average Bonchev–Trinajstić information content (AvgIpc) is 2.59. The summed E-state index contributed by atoms with van der Waals surface area (Å²) in [6.45, 7) is 5.98. The van der Waals surface area contributed by atoms with Crippen LogP contribution in [0.4, 0.5) is 0 Å². The highest BCUT2D eigenvalue weighted by Crippen LogP contribution is 2.34. The first-order valence-electron chi connectivity index (χ1n) is 10.3. The molecular formula is C22H36O4.